The maximum atomic E-state index is 12.2. The van der Waals surface area contributed by atoms with Crippen molar-refractivity contribution in [2.75, 3.05) is 11.9 Å². The van der Waals surface area contributed by atoms with Crippen molar-refractivity contribution in [2.45, 2.75) is 12.8 Å². The third-order valence-corrected chi connectivity index (χ3v) is 3.64. The van der Waals surface area contributed by atoms with Gasteiger partial charge in [-0.2, -0.15) is 0 Å². The van der Waals surface area contributed by atoms with Gasteiger partial charge in [0.15, 0.2) is 0 Å². The van der Waals surface area contributed by atoms with Gasteiger partial charge in [0.1, 0.15) is 5.75 Å². The Morgan fingerprint density at radius 2 is 1.84 bits per heavy atom. The van der Waals surface area contributed by atoms with Crippen molar-refractivity contribution in [3.8, 4) is 5.75 Å². The minimum atomic E-state index is -4.78. The molecule has 25 heavy (non-hydrogen) atoms. The van der Waals surface area contributed by atoms with Gasteiger partial charge >= 0.3 is 6.36 Å². The molecule has 2 amide bonds. The van der Waals surface area contributed by atoms with E-state index in [-0.39, 0.29) is 11.5 Å². The zero-order valence-electron chi connectivity index (χ0n) is 12.8. The average Bonchev–Trinajstić information content (AvgIpc) is 2.55. The van der Waals surface area contributed by atoms with Crippen LogP contribution in [-0.4, -0.2) is 24.7 Å². The van der Waals surface area contributed by atoms with E-state index in [9.17, 15) is 22.8 Å². The summed E-state index contributed by atoms with van der Waals surface area (Å²) >= 11 is 0. The third-order valence-electron chi connectivity index (χ3n) is 3.64. The lowest BCUT2D eigenvalue weighted by Crippen LogP contribution is -2.31. The zero-order chi connectivity index (χ0) is 18.0. The number of carbonyl (C=O) groups is 2. The standard InChI is InChI=1S/C17H13F3N2O3/c18-17(19,20)25-13-5-2-11(3-6-13)15(23)22-12-4-1-10-7-8-21-16(24)14(10)9-12/h1-6,9H,7-8H2,(H,21,24)(H,22,23). The topological polar surface area (TPSA) is 67.4 Å². The fourth-order valence-electron chi connectivity index (χ4n) is 2.50. The molecule has 0 aromatic heterocycles. The molecule has 1 heterocycles. The first-order valence-corrected chi connectivity index (χ1v) is 7.40. The lowest BCUT2D eigenvalue weighted by Gasteiger charge is -2.17. The number of rotatable bonds is 3. The summed E-state index contributed by atoms with van der Waals surface area (Å²) in [6.45, 7) is 0.573. The van der Waals surface area contributed by atoms with Crippen LogP contribution in [-0.2, 0) is 6.42 Å². The molecule has 5 nitrogen and oxygen atoms in total. The van der Waals surface area contributed by atoms with E-state index in [2.05, 4.69) is 15.4 Å². The molecule has 0 aliphatic carbocycles. The SMILES string of the molecule is O=C(Nc1ccc2c(c1)C(=O)NCC2)c1ccc(OC(F)(F)F)cc1. The van der Waals surface area contributed by atoms with Gasteiger partial charge in [-0.15, -0.1) is 13.2 Å². The molecule has 1 aliphatic rings. The van der Waals surface area contributed by atoms with E-state index in [0.29, 0.717) is 17.8 Å². The molecule has 0 bridgehead atoms. The van der Waals surface area contributed by atoms with Crippen LogP contribution in [0.1, 0.15) is 26.3 Å². The van der Waals surface area contributed by atoms with Gasteiger partial charge in [0.2, 0.25) is 0 Å². The van der Waals surface area contributed by atoms with Crippen LogP contribution in [0, 0.1) is 0 Å². The fourth-order valence-corrected chi connectivity index (χ4v) is 2.50. The minimum absolute atomic E-state index is 0.164. The molecule has 130 valence electrons. The van der Waals surface area contributed by atoms with E-state index in [4.69, 9.17) is 0 Å². The molecule has 2 aromatic carbocycles. The number of amides is 2. The third kappa shape index (κ3) is 4.09. The first-order chi connectivity index (χ1) is 11.8. The van der Waals surface area contributed by atoms with Crippen molar-refractivity contribution in [2.24, 2.45) is 0 Å². The highest BCUT2D eigenvalue weighted by molar-refractivity contribution is 6.05. The minimum Gasteiger partial charge on any atom is -0.406 e. The van der Waals surface area contributed by atoms with E-state index >= 15 is 0 Å². The molecule has 8 heteroatoms. The highest BCUT2D eigenvalue weighted by Crippen LogP contribution is 2.23. The molecular weight excluding hydrogens is 337 g/mol. The number of carbonyl (C=O) groups excluding carboxylic acids is 2. The van der Waals surface area contributed by atoms with Crippen LogP contribution in [0.5, 0.6) is 5.75 Å². The number of fused-ring (bicyclic) bond motifs is 1. The summed E-state index contributed by atoms with van der Waals surface area (Å²) in [6.07, 6.45) is -4.07. The van der Waals surface area contributed by atoms with Gasteiger partial charge in [0, 0.05) is 23.4 Å². The highest BCUT2D eigenvalue weighted by Gasteiger charge is 2.31. The van der Waals surface area contributed by atoms with Crippen LogP contribution in [0.2, 0.25) is 0 Å². The van der Waals surface area contributed by atoms with Crippen molar-refractivity contribution < 1.29 is 27.5 Å². The van der Waals surface area contributed by atoms with Gasteiger partial charge in [-0.3, -0.25) is 9.59 Å². The van der Waals surface area contributed by atoms with Gasteiger partial charge in [-0.1, -0.05) is 6.07 Å². The van der Waals surface area contributed by atoms with Crippen LogP contribution >= 0.6 is 0 Å². The Labute approximate surface area is 140 Å². The average molecular weight is 350 g/mol. The largest absolute Gasteiger partial charge is 0.573 e. The normalized spacial score (nSPS) is 13.6. The second kappa shape index (κ2) is 6.46. The molecule has 0 saturated carbocycles. The Bertz CT molecular complexity index is 817. The smallest absolute Gasteiger partial charge is 0.406 e. The fraction of sp³-hybridized carbons (Fsp3) is 0.176. The Morgan fingerprint density at radius 3 is 2.52 bits per heavy atom. The van der Waals surface area contributed by atoms with Gasteiger partial charge in [0.25, 0.3) is 11.8 Å². The Balaban J connectivity index is 1.72. The van der Waals surface area contributed by atoms with Gasteiger partial charge < -0.3 is 15.4 Å². The first kappa shape index (κ1) is 16.8. The molecule has 0 fully saturated rings. The molecule has 0 saturated heterocycles. The number of benzene rings is 2. The molecule has 0 unspecified atom stereocenters. The van der Waals surface area contributed by atoms with E-state index in [1.165, 1.54) is 12.1 Å². The molecule has 3 rings (SSSR count). The molecule has 1 aliphatic heterocycles. The van der Waals surface area contributed by atoms with Crippen LogP contribution in [0.15, 0.2) is 42.5 Å². The Kier molecular flexibility index (Phi) is 4.35. The van der Waals surface area contributed by atoms with Crippen LogP contribution in [0.3, 0.4) is 0 Å². The monoisotopic (exact) mass is 350 g/mol. The second-order valence-corrected chi connectivity index (χ2v) is 5.40. The number of hydrogen-bond donors (Lipinski definition) is 2. The number of halogens is 3. The quantitative estimate of drug-likeness (QED) is 0.894. The number of hydrogen-bond acceptors (Lipinski definition) is 3. The number of alkyl halides is 3. The highest BCUT2D eigenvalue weighted by atomic mass is 19.4. The Morgan fingerprint density at radius 1 is 1.12 bits per heavy atom. The van der Waals surface area contributed by atoms with Crippen LogP contribution < -0.4 is 15.4 Å². The molecule has 0 atom stereocenters. The van der Waals surface area contributed by atoms with Crippen molar-refractivity contribution in [1.82, 2.24) is 5.32 Å². The maximum absolute atomic E-state index is 12.2. The molecule has 0 radical (unpaired) electrons. The summed E-state index contributed by atoms with van der Waals surface area (Å²) in [5, 5.41) is 5.33. The maximum Gasteiger partial charge on any atom is 0.573 e. The van der Waals surface area contributed by atoms with Crippen molar-refractivity contribution in [3.63, 3.8) is 0 Å². The van der Waals surface area contributed by atoms with E-state index < -0.39 is 18.0 Å². The van der Waals surface area contributed by atoms with Crippen molar-refractivity contribution in [1.29, 1.82) is 0 Å². The van der Waals surface area contributed by atoms with Crippen LogP contribution in [0.25, 0.3) is 0 Å². The summed E-state index contributed by atoms with van der Waals surface area (Å²) < 4.78 is 40.1. The lowest BCUT2D eigenvalue weighted by atomic mass is 10.00. The van der Waals surface area contributed by atoms with Crippen molar-refractivity contribution in [3.05, 3.63) is 59.2 Å². The zero-order valence-corrected chi connectivity index (χ0v) is 12.8. The predicted octanol–water partition coefficient (Wildman–Crippen LogP) is 3.12. The molecule has 2 aromatic rings. The van der Waals surface area contributed by atoms with Gasteiger partial charge in [0.05, 0.1) is 0 Å². The lowest BCUT2D eigenvalue weighted by molar-refractivity contribution is -0.274. The summed E-state index contributed by atoms with van der Waals surface area (Å²) in [6, 6.07) is 9.58. The molecule has 0 spiro atoms. The summed E-state index contributed by atoms with van der Waals surface area (Å²) in [7, 11) is 0. The van der Waals surface area contributed by atoms with E-state index in [1.54, 1.807) is 18.2 Å². The van der Waals surface area contributed by atoms with E-state index in [1.807, 2.05) is 0 Å². The van der Waals surface area contributed by atoms with Crippen LogP contribution in [0.4, 0.5) is 18.9 Å². The van der Waals surface area contributed by atoms with E-state index in [0.717, 1.165) is 24.1 Å². The molecular formula is C17H13F3N2O3. The number of nitrogens with one attached hydrogen (secondary N) is 2. The molecule has 2 N–H and O–H groups in total. The number of anilines is 1. The second-order valence-electron chi connectivity index (χ2n) is 5.40. The van der Waals surface area contributed by atoms with Gasteiger partial charge in [-0.05, 0) is 48.4 Å². The first-order valence-electron chi connectivity index (χ1n) is 7.40. The predicted molar refractivity (Wildman–Crippen MR) is 83.6 cm³/mol. The number of ether oxygens (including phenoxy) is 1. The summed E-state index contributed by atoms with van der Waals surface area (Å²) in [5.74, 6) is -1.12. The van der Waals surface area contributed by atoms with Gasteiger partial charge in [-0.25, -0.2) is 0 Å². The van der Waals surface area contributed by atoms with Crippen molar-refractivity contribution >= 4 is 17.5 Å². The summed E-state index contributed by atoms with van der Waals surface area (Å²) in [4.78, 5) is 24.0. The Hall–Kier alpha value is -3.03. The summed E-state index contributed by atoms with van der Waals surface area (Å²) in [5.41, 5.74) is 1.99.